The minimum absolute atomic E-state index is 0.0960. The summed E-state index contributed by atoms with van der Waals surface area (Å²) in [4.78, 5) is 18.9. The maximum atomic E-state index is 11.0. The number of nitro benzene ring substituents is 1. The lowest BCUT2D eigenvalue weighted by atomic mass is 10.1. The Morgan fingerprint density at radius 1 is 1.10 bits per heavy atom. The number of non-ortho nitro benzene ring substituents is 1. The first-order valence-corrected chi connectivity index (χ1v) is 10.8. The molecule has 1 aliphatic rings. The molecule has 1 aromatic heterocycles. The van der Waals surface area contributed by atoms with E-state index in [1.165, 1.54) is 0 Å². The SMILES string of the molecule is Cc1ccccc1N=c1scc(-c2ccc([N+](=O)[O-])cc2)n1CCN1CCOCC1. The monoisotopic (exact) mass is 424 g/mol. The highest BCUT2D eigenvalue weighted by atomic mass is 32.1. The van der Waals surface area contributed by atoms with Crippen molar-refractivity contribution in [2.45, 2.75) is 13.5 Å². The lowest BCUT2D eigenvalue weighted by Crippen LogP contribution is -2.39. The molecule has 0 saturated carbocycles. The Balaban J connectivity index is 1.71. The van der Waals surface area contributed by atoms with Gasteiger partial charge < -0.3 is 9.30 Å². The van der Waals surface area contributed by atoms with E-state index in [2.05, 4.69) is 27.8 Å². The van der Waals surface area contributed by atoms with Gasteiger partial charge in [0.2, 0.25) is 0 Å². The average molecular weight is 425 g/mol. The number of aromatic nitrogens is 1. The van der Waals surface area contributed by atoms with E-state index in [-0.39, 0.29) is 10.6 Å². The van der Waals surface area contributed by atoms with E-state index in [9.17, 15) is 10.1 Å². The van der Waals surface area contributed by atoms with Crippen molar-refractivity contribution in [2.24, 2.45) is 4.99 Å². The standard InChI is InChI=1S/C22H24N4O3S/c1-17-4-2-3-5-20(17)23-22-25(11-10-24-12-14-29-15-13-24)21(16-30-22)18-6-8-19(9-7-18)26(27)28/h2-9,16H,10-15H2,1H3. The molecule has 3 aromatic rings. The molecule has 2 aromatic carbocycles. The number of nitro groups is 1. The van der Waals surface area contributed by atoms with Crippen LogP contribution in [0.25, 0.3) is 11.3 Å². The zero-order valence-electron chi connectivity index (χ0n) is 16.9. The quantitative estimate of drug-likeness (QED) is 0.443. The van der Waals surface area contributed by atoms with Gasteiger partial charge in [-0.2, -0.15) is 0 Å². The van der Waals surface area contributed by atoms with Crippen molar-refractivity contribution in [3.63, 3.8) is 0 Å². The number of morpholine rings is 1. The highest BCUT2D eigenvalue weighted by Crippen LogP contribution is 2.24. The Morgan fingerprint density at radius 2 is 1.83 bits per heavy atom. The van der Waals surface area contributed by atoms with Crippen LogP contribution in [0, 0.1) is 17.0 Å². The maximum absolute atomic E-state index is 11.0. The molecule has 0 spiro atoms. The van der Waals surface area contributed by atoms with Crippen molar-refractivity contribution >= 4 is 22.7 Å². The van der Waals surface area contributed by atoms with Crippen molar-refractivity contribution in [3.05, 3.63) is 74.4 Å². The molecule has 0 bridgehead atoms. The summed E-state index contributed by atoms with van der Waals surface area (Å²) in [5.41, 5.74) is 4.15. The molecule has 2 heterocycles. The lowest BCUT2D eigenvalue weighted by Gasteiger charge is -2.26. The predicted octanol–water partition coefficient (Wildman–Crippen LogP) is 4.00. The Morgan fingerprint density at radius 3 is 2.53 bits per heavy atom. The van der Waals surface area contributed by atoms with Crippen LogP contribution in [0.15, 0.2) is 58.9 Å². The minimum atomic E-state index is -0.372. The van der Waals surface area contributed by atoms with E-state index < -0.39 is 0 Å². The molecule has 30 heavy (non-hydrogen) atoms. The minimum Gasteiger partial charge on any atom is -0.379 e. The second-order valence-electron chi connectivity index (χ2n) is 7.21. The molecule has 4 rings (SSSR count). The molecule has 7 nitrogen and oxygen atoms in total. The molecular weight excluding hydrogens is 400 g/mol. The largest absolute Gasteiger partial charge is 0.379 e. The fourth-order valence-electron chi connectivity index (χ4n) is 3.48. The third-order valence-electron chi connectivity index (χ3n) is 5.25. The van der Waals surface area contributed by atoms with Gasteiger partial charge in [-0.3, -0.25) is 15.0 Å². The molecule has 1 saturated heterocycles. The molecule has 0 radical (unpaired) electrons. The van der Waals surface area contributed by atoms with Gasteiger partial charge in [-0.05, 0) is 36.2 Å². The molecule has 0 N–H and O–H groups in total. The van der Waals surface area contributed by atoms with Crippen LogP contribution in [0.5, 0.6) is 0 Å². The van der Waals surface area contributed by atoms with Gasteiger partial charge >= 0.3 is 0 Å². The van der Waals surface area contributed by atoms with Gasteiger partial charge in [0, 0.05) is 43.7 Å². The number of aryl methyl sites for hydroxylation is 1. The highest BCUT2D eigenvalue weighted by molar-refractivity contribution is 7.07. The van der Waals surface area contributed by atoms with Gasteiger partial charge in [0.1, 0.15) is 0 Å². The van der Waals surface area contributed by atoms with Gasteiger partial charge in [0.25, 0.3) is 5.69 Å². The van der Waals surface area contributed by atoms with Crippen LogP contribution < -0.4 is 4.80 Å². The topological polar surface area (TPSA) is 72.9 Å². The van der Waals surface area contributed by atoms with Crippen LogP contribution in [0.1, 0.15) is 5.56 Å². The summed E-state index contributed by atoms with van der Waals surface area (Å²) < 4.78 is 7.67. The first-order chi connectivity index (χ1) is 14.6. The van der Waals surface area contributed by atoms with E-state index in [0.29, 0.717) is 0 Å². The summed E-state index contributed by atoms with van der Waals surface area (Å²) in [6, 6.07) is 14.8. The smallest absolute Gasteiger partial charge is 0.269 e. The van der Waals surface area contributed by atoms with Gasteiger partial charge in [0.15, 0.2) is 4.80 Å². The van der Waals surface area contributed by atoms with E-state index in [1.54, 1.807) is 23.5 Å². The van der Waals surface area contributed by atoms with Crippen LogP contribution >= 0.6 is 11.3 Å². The molecule has 156 valence electrons. The number of hydrogen-bond acceptors (Lipinski definition) is 6. The number of hydrogen-bond donors (Lipinski definition) is 0. The fraction of sp³-hybridized carbons (Fsp3) is 0.318. The Labute approximate surface area is 179 Å². The summed E-state index contributed by atoms with van der Waals surface area (Å²) >= 11 is 1.59. The predicted molar refractivity (Wildman–Crippen MR) is 118 cm³/mol. The van der Waals surface area contributed by atoms with Crippen LogP contribution in [0.2, 0.25) is 0 Å². The van der Waals surface area contributed by atoms with Crippen LogP contribution in [0.4, 0.5) is 11.4 Å². The normalized spacial score (nSPS) is 15.4. The first-order valence-electron chi connectivity index (χ1n) is 9.95. The number of benzene rings is 2. The highest BCUT2D eigenvalue weighted by Gasteiger charge is 2.14. The number of para-hydroxylation sites is 1. The van der Waals surface area contributed by atoms with Gasteiger partial charge in [0.05, 0.1) is 29.5 Å². The van der Waals surface area contributed by atoms with E-state index in [1.807, 2.05) is 30.3 Å². The van der Waals surface area contributed by atoms with Crippen molar-refractivity contribution in [3.8, 4) is 11.3 Å². The Hall–Kier alpha value is -2.81. The third-order valence-corrected chi connectivity index (χ3v) is 6.11. The van der Waals surface area contributed by atoms with E-state index in [0.717, 1.165) is 66.7 Å². The first kappa shape index (κ1) is 20.5. The summed E-state index contributed by atoms with van der Waals surface area (Å²) in [7, 11) is 0. The Kier molecular flexibility index (Phi) is 6.37. The number of nitrogens with zero attached hydrogens (tertiary/aromatic N) is 4. The summed E-state index contributed by atoms with van der Waals surface area (Å²) in [6.45, 7) is 7.15. The molecule has 0 unspecified atom stereocenters. The molecule has 1 aliphatic heterocycles. The fourth-order valence-corrected chi connectivity index (χ4v) is 4.43. The van der Waals surface area contributed by atoms with Crippen molar-refractivity contribution in [2.75, 3.05) is 32.8 Å². The molecule has 8 heteroatoms. The Bertz CT molecular complexity index is 1080. The van der Waals surface area contributed by atoms with Gasteiger partial charge in [-0.25, -0.2) is 4.99 Å². The molecule has 1 fully saturated rings. The van der Waals surface area contributed by atoms with Crippen molar-refractivity contribution in [1.29, 1.82) is 0 Å². The van der Waals surface area contributed by atoms with Gasteiger partial charge in [-0.15, -0.1) is 11.3 Å². The zero-order chi connectivity index (χ0) is 20.9. The van der Waals surface area contributed by atoms with Crippen molar-refractivity contribution in [1.82, 2.24) is 9.47 Å². The summed E-state index contributed by atoms with van der Waals surface area (Å²) in [5, 5.41) is 13.1. The zero-order valence-corrected chi connectivity index (χ0v) is 17.7. The number of thiazole rings is 1. The molecular formula is C22H24N4O3S. The van der Waals surface area contributed by atoms with Crippen molar-refractivity contribution < 1.29 is 9.66 Å². The molecule has 0 amide bonds. The number of ether oxygens (including phenoxy) is 1. The third kappa shape index (κ3) is 4.67. The molecule has 0 atom stereocenters. The second-order valence-corrected chi connectivity index (χ2v) is 8.05. The van der Waals surface area contributed by atoms with Crippen LogP contribution in [0.3, 0.4) is 0 Å². The van der Waals surface area contributed by atoms with E-state index in [4.69, 9.17) is 9.73 Å². The van der Waals surface area contributed by atoms with Gasteiger partial charge in [-0.1, -0.05) is 18.2 Å². The summed E-state index contributed by atoms with van der Waals surface area (Å²) in [5.74, 6) is 0. The maximum Gasteiger partial charge on any atom is 0.269 e. The lowest BCUT2D eigenvalue weighted by molar-refractivity contribution is -0.384. The number of rotatable bonds is 6. The second kappa shape index (κ2) is 9.34. The summed E-state index contributed by atoms with van der Waals surface area (Å²) in [6.07, 6.45) is 0. The van der Waals surface area contributed by atoms with Crippen LogP contribution in [-0.4, -0.2) is 47.2 Å². The van der Waals surface area contributed by atoms with E-state index >= 15 is 0 Å². The molecule has 0 aliphatic carbocycles. The van der Waals surface area contributed by atoms with Crippen LogP contribution in [-0.2, 0) is 11.3 Å². The average Bonchev–Trinajstić information content (AvgIpc) is 3.17.